The fourth-order valence-corrected chi connectivity index (χ4v) is 3.39. The average molecular weight is 483 g/mol. The first kappa shape index (κ1) is 24.1. The van der Waals surface area contributed by atoms with Crippen molar-refractivity contribution in [3.63, 3.8) is 0 Å². The first-order valence-electron chi connectivity index (χ1n) is 11.1. The van der Waals surface area contributed by atoms with Crippen LogP contribution in [0.1, 0.15) is 25.8 Å². The zero-order chi connectivity index (χ0) is 25.0. The molecule has 1 aromatic heterocycles. The molecule has 6 nitrogen and oxygen atoms in total. The first-order chi connectivity index (χ1) is 16.7. The Morgan fingerprint density at radius 1 is 1.03 bits per heavy atom. The van der Waals surface area contributed by atoms with E-state index in [4.69, 9.17) is 9.47 Å². The summed E-state index contributed by atoms with van der Waals surface area (Å²) in [6.45, 7) is 4.68. The number of rotatable bonds is 7. The fraction of sp³-hybridized carbons (Fsp3) is 0.231. The summed E-state index contributed by atoms with van der Waals surface area (Å²) in [7, 11) is 0. The van der Waals surface area contributed by atoms with E-state index in [1.54, 1.807) is 42.5 Å². The van der Waals surface area contributed by atoms with Crippen LogP contribution < -0.4 is 14.8 Å². The molecule has 0 atom stereocenters. The van der Waals surface area contributed by atoms with Crippen LogP contribution in [-0.4, -0.2) is 22.6 Å². The number of para-hydroxylation sites is 1. The van der Waals surface area contributed by atoms with E-state index in [1.807, 2.05) is 0 Å². The highest BCUT2D eigenvalue weighted by Crippen LogP contribution is 2.38. The number of nitrogens with one attached hydrogen (secondary N) is 2. The lowest BCUT2D eigenvalue weighted by Gasteiger charge is -2.13. The number of nitrogens with zero attached hydrogens (tertiary/aromatic N) is 1. The quantitative estimate of drug-likeness (QED) is 0.292. The van der Waals surface area contributed by atoms with Gasteiger partial charge in [-0.15, -0.1) is 0 Å². The molecule has 9 heteroatoms. The summed E-state index contributed by atoms with van der Waals surface area (Å²) in [5.74, 6) is 1.41. The van der Waals surface area contributed by atoms with Crippen molar-refractivity contribution in [1.82, 2.24) is 15.3 Å². The highest BCUT2D eigenvalue weighted by atomic mass is 19.4. The van der Waals surface area contributed by atoms with Gasteiger partial charge in [0, 0.05) is 18.2 Å². The van der Waals surface area contributed by atoms with Gasteiger partial charge in [0.15, 0.2) is 0 Å². The second-order valence-corrected chi connectivity index (χ2v) is 8.38. The molecule has 0 fully saturated rings. The van der Waals surface area contributed by atoms with Crippen LogP contribution in [0.4, 0.5) is 18.0 Å². The largest absolute Gasteiger partial charge is 0.457 e. The Morgan fingerprint density at radius 2 is 1.74 bits per heavy atom. The monoisotopic (exact) mass is 483 g/mol. The minimum Gasteiger partial charge on any atom is -0.457 e. The van der Waals surface area contributed by atoms with E-state index >= 15 is 0 Å². The number of benzene rings is 3. The maximum atomic E-state index is 13.2. The van der Waals surface area contributed by atoms with Gasteiger partial charge in [-0.05, 0) is 60.9 Å². The Morgan fingerprint density at radius 3 is 2.46 bits per heavy atom. The molecule has 3 aromatic carbocycles. The number of carbonyl (C=O) groups is 1. The average Bonchev–Trinajstić information content (AvgIpc) is 3.22. The van der Waals surface area contributed by atoms with E-state index in [0.29, 0.717) is 40.6 Å². The summed E-state index contributed by atoms with van der Waals surface area (Å²) >= 11 is 0. The van der Waals surface area contributed by atoms with E-state index < -0.39 is 17.8 Å². The molecule has 0 saturated heterocycles. The molecule has 1 heterocycles. The number of halogens is 3. The molecular weight excluding hydrogens is 459 g/mol. The Kier molecular flexibility index (Phi) is 6.95. The molecule has 0 aliphatic heterocycles. The second-order valence-electron chi connectivity index (χ2n) is 8.38. The molecule has 1 amide bonds. The van der Waals surface area contributed by atoms with E-state index in [-0.39, 0.29) is 11.5 Å². The van der Waals surface area contributed by atoms with Crippen LogP contribution >= 0.6 is 0 Å². The summed E-state index contributed by atoms with van der Waals surface area (Å²) in [5, 5.41) is 2.71. The van der Waals surface area contributed by atoms with Crippen molar-refractivity contribution in [1.29, 1.82) is 0 Å². The highest BCUT2D eigenvalue weighted by molar-refractivity contribution is 5.82. The van der Waals surface area contributed by atoms with Crippen molar-refractivity contribution in [2.24, 2.45) is 5.92 Å². The van der Waals surface area contributed by atoms with Crippen molar-refractivity contribution in [2.45, 2.75) is 26.4 Å². The number of aromatic amines is 1. The fourth-order valence-electron chi connectivity index (χ4n) is 3.39. The lowest BCUT2D eigenvalue weighted by Crippen LogP contribution is -2.28. The summed E-state index contributed by atoms with van der Waals surface area (Å²) in [5.41, 5.74) is 1.22. The predicted octanol–water partition coefficient (Wildman–Crippen LogP) is 7.18. The molecule has 0 radical (unpaired) electrons. The smallest absolute Gasteiger partial charge is 0.419 e. The lowest BCUT2D eigenvalue weighted by atomic mass is 10.1. The normalized spacial score (nSPS) is 11.6. The third kappa shape index (κ3) is 6.11. The highest BCUT2D eigenvalue weighted by Gasteiger charge is 2.34. The van der Waals surface area contributed by atoms with Crippen LogP contribution in [0.3, 0.4) is 0 Å². The maximum Gasteiger partial charge on any atom is 0.419 e. The van der Waals surface area contributed by atoms with Crippen molar-refractivity contribution in [2.75, 3.05) is 6.54 Å². The Balaban J connectivity index is 1.46. The maximum absolute atomic E-state index is 13.2. The molecule has 35 heavy (non-hydrogen) atoms. The van der Waals surface area contributed by atoms with E-state index in [1.165, 1.54) is 18.2 Å². The van der Waals surface area contributed by atoms with Crippen LogP contribution in [0.25, 0.3) is 22.4 Å². The third-order valence-electron chi connectivity index (χ3n) is 5.20. The van der Waals surface area contributed by atoms with Crippen molar-refractivity contribution < 1.29 is 27.4 Å². The zero-order valence-electron chi connectivity index (χ0n) is 19.1. The first-order valence-corrected chi connectivity index (χ1v) is 11.1. The number of fused-ring (bicyclic) bond motifs is 1. The van der Waals surface area contributed by atoms with E-state index in [0.717, 1.165) is 12.5 Å². The van der Waals surface area contributed by atoms with Gasteiger partial charge in [-0.3, -0.25) is 0 Å². The van der Waals surface area contributed by atoms with Crippen molar-refractivity contribution in [3.8, 4) is 28.6 Å². The number of aromatic nitrogens is 2. The standard InChI is InChI=1S/C26H24F3N3O3/c1-16(2)13-14-30-25(33)35-19-11-12-21-22(15-19)32-24(31-21)17-7-9-18(10-8-17)34-23-6-4-3-5-20(23)26(27,28)29/h3-12,15-16H,13-14H2,1-2H3,(H,30,33)(H,31,32). The SMILES string of the molecule is CC(C)CCNC(=O)Oc1ccc2nc(-c3ccc(Oc4ccccc4C(F)(F)F)cc3)[nH]c2c1. The zero-order valence-corrected chi connectivity index (χ0v) is 19.1. The number of alkyl halides is 3. The van der Waals surface area contributed by atoms with Gasteiger partial charge in [0.1, 0.15) is 23.1 Å². The summed E-state index contributed by atoms with van der Waals surface area (Å²) in [4.78, 5) is 19.7. The van der Waals surface area contributed by atoms with Crippen LogP contribution in [0.2, 0.25) is 0 Å². The van der Waals surface area contributed by atoms with Gasteiger partial charge in [-0.25, -0.2) is 9.78 Å². The third-order valence-corrected chi connectivity index (χ3v) is 5.20. The molecule has 0 bridgehead atoms. The summed E-state index contributed by atoms with van der Waals surface area (Å²) in [6, 6.07) is 16.7. The number of H-pyrrole nitrogens is 1. The minimum atomic E-state index is -4.51. The number of hydrogen-bond donors (Lipinski definition) is 2. The Bertz CT molecular complexity index is 1310. The molecule has 2 N–H and O–H groups in total. The van der Waals surface area contributed by atoms with E-state index in [9.17, 15) is 18.0 Å². The molecule has 4 rings (SSSR count). The van der Waals surface area contributed by atoms with Crippen molar-refractivity contribution >= 4 is 17.1 Å². The molecule has 4 aromatic rings. The number of imidazole rings is 1. The second kappa shape index (κ2) is 10.1. The van der Waals surface area contributed by atoms with Crippen LogP contribution in [-0.2, 0) is 6.18 Å². The Hall–Kier alpha value is -4.01. The molecule has 182 valence electrons. The van der Waals surface area contributed by atoms with Crippen LogP contribution in [0.15, 0.2) is 66.7 Å². The van der Waals surface area contributed by atoms with Gasteiger partial charge in [0.2, 0.25) is 0 Å². The van der Waals surface area contributed by atoms with Gasteiger partial charge in [-0.2, -0.15) is 13.2 Å². The summed E-state index contributed by atoms with van der Waals surface area (Å²) < 4.78 is 50.4. The summed E-state index contributed by atoms with van der Waals surface area (Å²) in [6.07, 6.45) is -4.17. The van der Waals surface area contributed by atoms with Gasteiger partial charge < -0.3 is 19.8 Å². The minimum absolute atomic E-state index is 0.265. The molecule has 0 unspecified atom stereocenters. The molecule has 0 saturated carbocycles. The van der Waals surface area contributed by atoms with Crippen LogP contribution in [0, 0.1) is 5.92 Å². The van der Waals surface area contributed by atoms with Gasteiger partial charge in [-0.1, -0.05) is 26.0 Å². The van der Waals surface area contributed by atoms with Crippen LogP contribution in [0.5, 0.6) is 17.2 Å². The van der Waals surface area contributed by atoms with Gasteiger partial charge in [0.25, 0.3) is 0 Å². The number of ether oxygens (including phenoxy) is 2. The molecular formula is C26H24F3N3O3. The lowest BCUT2D eigenvalue weighted by molar-refractivity contribution is -0.138. The number of hydrogen-bond acceptors (Lipinski definition) is 4. The Labute approximate surface area is 200 Å². The van der Waals surface area contributed by atoms with Crippen molar-refractivity contribution in [3.05, 3.63) is 72.3 Å². The topological polar surface area (TPSA) is 76.2 Å². The predicted molar refractivity (Wildman–Crippen MR) is 127 cm³/mol. The van der Waals surface area contributed by atoms with E-state index in [2.05, 4.69) is 29.1 Å². The molecule has 0 aliphatic carbocycles. The van der Waals surface area contributed by atoms with Gasteiger partial charge in [0.05, 0.1) is 16.6 Å². The number of amides is 1. The molecule has 0 spiro atoms. The number of carbonyl (C=O) groups excluding carboxylic acids is 1. The van der Waals surface area contributed by atoms with Gasteiger partial charge >= 0.3 is 12.3 Å². The molecule has 0 aliphatic rings.